The minimum Gasteiger partial charge on any atom is -0.443 e. The number of carbonyl (C=O) groups excluding carboxylic acids is 2. The summed E-state index contributed by atoms with van der Waals surface area (Å²) in [5, 5.41) is 0. The molecule has 0 unspecified atom stereocenters. The lowest BCUT2D eigenvalue weighted by molar-refractivity contribution is 0.0341. The molecule has 1 fully saturated rings. The Bertz CT molecular complexity index is 1100. The largest absolute Gasteiger partial charge is 0.443 e. The van der Waals surface area contributed by atoms with E-state index in [0.717, 1.165) is 18.4 Å². The number of piperidine rings is 1. The molecule has 1 aromatic carbocycles. The Kier molecular flexibility index (Phi) is 11.4. The summed E-state index contributed by atoms with van der Waals surface area (Å²) >= 11 is 0. The second-order valence-corrected chi connectivity index (χ2v) is 13.4. The van der Waals surface area contributed by atoms with Crippen molar-refractivity contribution in [3.8, 4) is 0 Å². The summed E-state index contributed by atoms with van der Waals surface area (Å²) in [6.45, 7) is 15.9. The average molecular weight is 568 g/mol. The van der Waals surface area contributed by atoms with Crippen LogP contribution in [0.5, 0.6) is 0 Å². The number of likely N-dealkylation sites (tertiary alicyclic amines) is 1. The molecule has 1 heterocycles. The van der Waals surface area contributed by atoms with Crippen molar-refractivity contribution in [1.82, 2.24) is 9.80 Å². The fourth-order valence-electron chi connectivity index (χ4n) is 4.00. The van der Waals surface area contributed by atoms with Crippen LogP contribution in [-0.2, 0) is 23.8 Å². The zero-order valence-corrected chi connectivity index (χ0v) is 25.5. The molecule has 0 aromatic heterocycles. The number of hydrogen-bond donors (Lipinski definition) is 0. The second kappa shape index (κ2) is 13.6. The molecule has 0 bridgehead atoms. The summed E-state index contributed by atoms with van der Waals surface area (Å²) in [6, 6.07) is 6.56. The van der Waals surface area contributed by atoms with E-state index in [4.69, 9.17) is 13.7 Å². The van der Waals surface area contributed by atoms with E-state index in [9.17, 15) is 18.0 Å². The van der Waals surface area contributed by atoms with Crippen LogP contribution < -0.4 is 0 Å². The van der Waals surface area contributed by atoms with Crippen LogP contribution in [0.15, 0.2) is 34.2 Å². The molecular formula is C28H45N3O7S. The number of guanidine groups is 1. The first-order chi connectivity index (χ1) is 18.0. The van der Waals surface area contributed by atoms with E-state index in [-0.39, 0.29) is 23.4 Å². The molecule has 2 amide bonds. The molecule has 1 aliphatic rings. The van der Waals surface area contributed by atoms with Gasteiger partial charge in [-0.05, 0) is 92.2 Å². The zero-order chi connectivity index (χ0) is 29.4. The first kappa shape index (κ1) is 32.6. The highest BCUT2D eigenvalue weighted by molar-refractivity contribution is 7.86. The lowest BCUT2D eigenvalue weighted by Crippen LogP contribution is -2.52. The normalized spacial score (nSPS) is 15.7. The third-order valence-corrected chi connectivity index (χ3v) is 7.19. The van der Waals surface area contributed by atoms with Gasteiger partial charge in [0.05, 0.1) is 11.5 Å². The Labute approximate surface area is 233 Å². The van der Waals surface area contributed by atoms with Gasteiger partial charge in [-0.1, -0.05) is 24.6 Å². The van der Waals surface area contributed by atoms with E-state index in [1.165, 1.54) is 4.90 Å². The molecule has 0 saturated carbocycles. The third kappa shape index (κ3) is 11.2. The molecule has 1 aromatic rings. The second-order valence-electron chi connectivity index (χ2n) is 11.8. The van der Waals surface area contributed by atoms with Gasteiger partial charge in [0, 0.05) is 19.6 Å². The highest BCUT2D eigenvalue weighted by Crippen LogP contribution is 2.24. The lowest BCUT2D eigenvalue weighted by atomic mass is 9.94. The number of carbonyl (C=O) groups is 2. The molecule has 1 saturated heterocycles. The van der Waals surface area contributed by atoms with Crippen LogP contribution in [0.3, 0.4) is 0 Å². The molecule has 2 rings (SSSR count). The van der Waals surface area contributed by atoms with Crippen LogP contribution in [0.1, 0.15) is 79.7 Å². The standard InChI is InChI=1S/C28H45N3O7S/c1-9-17-31(26(33)38-28(6,7)8)24(29-25(32)37-27(3,4)5)30-18-14-22(15-19-30)16-20-36-39(34,35)23-12-10-21(2)11-13-23/h10-13,22H,9,14-20H2,1-8H3/b29-24+. The quantitative estimate of drug-likeness (QED) is 0.233. The average Bonchev–Trinajstić information content (AvgIpc) is 2.80. The Morgan fingerprint density at radius 3 is 2.08 bits per heavy atom. The fourth-order valence-corrected chi connectivity index (χ4v) is 4.92. The maximum atomic E-state index is 13.1. The van der Waals surface area contributed by atoms with E-state index < -0.39 is 33.5 Å². The van der Waals surface area contributed by atoms with Crippen molar-refractivity contribution in [2.75, 3.05) is 26.2 Å². The van der Waals surface area contributed by atoms with Crippen LogP contribution in [0.4, 0.5) is 9.59 Å². The monoisotopic (exact) mass is 567 g/mol. The molecule has 10 nitrogen and oxygen atoms in total. The fraction of sp³-hybridized carbons (Fsp3) is 0.679. The maximum absolute atomic E-state index is 13.1. The van der Waals surface area contributed by atoms with Gasteiger partial charge < -0.3 is 14.4 Å². The van der Waals surface area contributed by atoms with Crippen molar-refractivity contribution in [3.63, 3.8) is 0 Å². The first-order valence-corrected chi connectivity index (χ1v) is 14.9. The molecule has 0 N–H and O–H groups in total. The van der Waals surface area contributed by atoms with Crippen molar-refractivity contribution in [2.24, 2.45) is 10.9 Å². The van der Waals surface area contributed by atoms with E-state index in [2.05, 4.69) is 4.99 Å². The van der Waals surface area contributed by atoms with Crippen LogP contribution in [0.2, 0.25) is 0 Å². The number of aryl methyl sites for hydroxylation is 1. The van der Waals surface area contributed by atoms with Crippen LogP contribution in [-0.4, -0.2) is 73.8 Å². The summed E-state index contributed by atoms with van der Waals surface area (Å²) in [7, 11) is -3.81. The number of amides is 2. The van der Waals surface area contributed by atoms with E-state index >= 15 is 0 Å². The van der Waals surface area contributed by atoms with Gasteiger partial charge in [-0.2, -0.15) is 8.42 Å². The number of hydrogen-bond acceptors (Lipinski definition) is 7. The molecule has 0 radical (unpaired) electrons. The van der Waals surface area contributed by atoms with Gasteiger partial charge in [-0.3, -0.25) is 4.18 Å². The lowest BCUT2D eigenvalue weighted by Gasteiger charge is -2.38. The van der Waals surface area contributed by atoms with E-state index in [1.54, 1.807) is 65.8 Å². The summed E-state index contributed by atoms with van der Waals surface area (Å²) in [5.74, 6) is 0.426. The SMILES string of the molecule is CCCN(C(=O)OC(C)(C)C)/C(=N/C(=O)OC(C)(C)C)N1CCC(CCOS(=O)(=O)c2ccc(C)cc2)CC1. The molecule has 1 aliphatic heterocycles. The zero-order valence-electron chi connectivity index (χ0n) is 24.7. The van der Waals surface area contributed by atoms with Crippen molar-refractivity contribution in [3.05, 3.63) is 29.8 Å². The summed E-state index contributed by atoms with van der Waals surface area (Å²) in [4.78, 5) is 33.4. The summed E-state index contributed by atoms with van der Waals surface area (Å²) in [5.41, 5.74) is -0.482. The molecular weight excluding hydrogens is 522 g/mol. The van der Waals surface area contributed by atoms with Crippen LogP contribution >= 0.6 is 0 Å². The minimum atomic E-state index is -3.81. The van der Waals surface area contributed by atoms with Crippen molar-refractivity contribution >= 4 is 28.3 Å². The van der Waals surface area contributed by atoms with Gasteiger partial charge >= 0.3 is 12.2 Å². The van der Waals surface area contributed by atoms with Gasteiger partial charge in [-0.15, -0.1) is 4.99 Å². The predicted octanol–water partition coefficient (Wildman–Crippen LogP) is 5.74. The third-order valence-electron chi connectivity index (χ3n) is 5.86. The number of nitrogens with zero attached hydrogens (tertiary/aromatic N) is 3. The number of aliphatic imine (C=N–C) groups is 1. The van der Waals surface area contributed by atoms with Crippen LogP contribution in [0.25, 0.3) is 0 Å². The summed E-state index contributed by atoms with van der Waals surface area (Å²) < 4.78 is 41.3. The summed E-state index contributed by atoms with van der Waals surface area (Å²) in [6.07, 6.45) is 1.28. The Hall–Kier alpha value is -2.66. The van der Waals surface area contributed by atoms with E-state index in [1.807, 2.05) is 18.7 Å². The Morgan fingerprint density at radius 2 is 1.56 bits per heavy atom. The van der Waals surface area contributed by atoms with Gasteiger partial charge in [0.25, 0.3) is 10.1 Å². The number of rotatable bonds is 7. The van der Waals surface area contributed by atoms with Crippen molar-refractivity contribution in [2.45, 2.75) is 97.2 Å². The molecule has 39 heavy (non-hydrogen) atoms. The number of benzene rings is 1. The minimum absolute atomic E-state index is 0.0829. The Morgan fingerprint density at radius 1 is 1.00 bits per heavy atom. The molecule has 11 heteroatoms. The van der Waals surface area contributed by atoms with Crippen molar-refractivity contribution < 1.29 is 31.7 Å². The van der Waals surface area contributed by atoms with E-state index in [0.29, 0.717) is 32.5 Å². The number of ether oxygens (including phenoxy) is 2. The maximum Gasteiger partial charge on any atom is 0.437 e. The highest BCUT2D eigenvalue weighted by Gasteiger charge is 2.32. The van der Waals surface area contributed by atoms with Gasteiger partial charge in [-0.25, -0.2) is 14.5 Å². The molecule has 220 valence electrons. The van der Waals surface area contributed by atoms with Crippen molar-refractivity contribution in [1.29, 1.82) is 0 Å². The molecule has 0 aliphatic carbocycles. The molecule has 0 spiro atoms. The first-order valence-electron chi connectivity index (χ1n) is 13.5. The van der Waals surface area contributed by atoms with Crippen LogP contribution in [0, 0.1) is 12.8 Å². The Balaban J connectivity index is 2.10. The molecule has 0 atom stereocenters. The predicted molar refractivity (Wildman–Crippen MR) is 150 cm³/mol. The smallest absolute Gasteiger partial charge is 0.437 e. The van der Waals surface area contributed by atoms with Gasteiger partial charge in [0.15, 0.2) is 0 Å². The van der Waals surface area contributed by atoms with Gasteiger partial charge in [0.1, 0.15) is 11.2 Å². The topological polar surface area (TPSA) is 115 Å². The highest BCUT2D eigenvalue weighted by atomic mass is 32.2. The van der Waals surface area contributed by atoms with Gasteiger partial charge in [0.2, 0.25) is 5.96 Å².